The van der Waals surface area contributed by atoms with Crippen molar-refractivity contribution in [1.82, 2.24) is 0 Å². The van der Waals surface area contributed by atoms with Crippen molar-refractivity contribution in [3.8, 4) is 5.75 Å². The lowest BCUT2D eigenvalue weighted by Crippen LogP contribution is -2.12. The van der Waals surface area contributed by atoms with Gasteiger partial charge in [-0.25, -0.2) is 4.79 Å². The van der Waals surface area contributed by atoms with Gasteiger partial charge in [-0.2, -0.15) is 0 Å². The van der Waals surface area contributed by atoms with E-state index in [1.54, 1.807) is 12.1 Å². The van der Waals surface area contributed by atoms with E-state index in [1.165, 1.54) is 14.0 Å². The first-order chi connectivity index (χ1) is 7.65. The topological polar surface area (TPSA) is 52.6 Å². The number of carbonyl (C=O) groups is 2. The summed E-state index contributed by atoms with van der Waals surface area (Å²) in [6.45, 7) is 1.36. The Morgan fingerprint density at radius 3 is 2.50 bits per heavy atom. The maximum atomic E-state index is 10.7. The van der Waals surface area contributed by atoms with Crippen LogP contribution in [-0.4, -0.2) is 26.0 Å². The van der Waals surface area contributed by atoms with Crippen LogP contribution < -0.4 is 4.74 Å². The SMILES string of the molecule is CC=O.COC(=O)COc1ccccc1S. The van der Waals surface area contributed by atoms with Crippen molar-refractivity contribution in [2.24, 2.45) is 0 Å². The highest BCUT2D eigenvalue weighted by atomic mass is 32.1. The van der Waals surface area contributed by atoms with E-state index in [-0.39, 0.29) is 6.61 Å². The lowest BCUT2D eigenvalue weighted by molar-refractivity contribution is -0.143. The molecule has 0 aliphatic carbocycles. The highest BCUT2D eigenvalue weighted by Gasteiger charge is 2.03. The summed E-state index contributed by atoms with van der Waals surface area (Å²) >= 11 is 4.15. The van der Waals surface area contributed by atoms with Gasteiger partial charge in [-0.15, -0.1) is 12.6 Å². The molecular formula is C11H14O4S. The van der Waals surface area contributed by atoms with Crippen LogP contribution in [0.3, 0.4) is 0 Å². The Morgan fingerprint density at radius 2 is 2.00 bits per heavy atom. The Kier molecular flexibility index (Phi) is 7.97. The number of hydrogen-bond donors (Lipinski definition) is 1. The second-order valence-corrected chi connectivity index (χ2v) is 3.05. The maximum Gasteiger partial charge on any atom is 0.343 e. The molecule has 0 heterocycles. The van der Waals surface area contributed by atoms with Gasteiger partial charge in [0.25, 0.3) is 0 Å². The molecule has 0 aromatic heterocycles. The third kappa shape index (κ3) is 6.08. The van der Waals surface area contributed by atoms with Gasteiger partial charge in [0, 0.05) is 4.90 Å². The lowest BCUT2D eigenvalue weighted by Gasteiger charge is -2.05. The van der Waals surface area contributed by atoms with Gasteiger partial charge in [0.15, 0.2) is 6.61 Å². The van der Waals surface area contributed by atoms with Crippen LogP contribution in [0.2, 0.25) is 0 Å². The summed E-state index contributed by atoms with van der Waals surface area (Å²) < 4.78 is 9.56. The number of aldehydes is 1. The molecule has 0 unspecified atom stereocenters. The van der Waals surface area contributed by atoms with Crippen LogP contribution in [-0.2, 0) is 14.3 Å². The fraction of sp³-hybridized carbons (Fsp3) is 0.273. The van der Waals surface area contributed by atoms with Crippen LogP contribution in [0.4, 0.5) is 0 Å². The molecule has 0 bridgehead atoms. The monoisotopic (exact) mass is 242 g/mol. The molecule has 0 saturated carbocycles. The Bertz CT molecular complexity index is 339. The standard InChI is InChI=1S/C9H10O3S.C2H4O/c1-11-9(10)6-12-7-4-2-3-5-8(7)13;1-2-3/h2-5,13H,6H2,1H3;2H,1H3. The molecule has 1 rings (SSSR count). The molecule has 0 aliphatic heterocycles. The first kappa shape index (κ1) is 14.5. The van der Waals surface area contributed by atoms with Crippen LogP contribution in [0.25, 0.3) is 0 Å². The molecule has 0 saturated heterocycles. The molecular weight excluding hydrogens is 228 g/mol. The smallest absolute Gasteiger partial charge is 0.343 e. The fourth-order valence-corrected chi connectivity index (χ4v) is 1.000. The van der Waals surface area contributed by atoms with Crippen LogP contribution in [0.15, 0.2) is 29.2 Å². The van der Waals surface area contributed by atoms with Gasteiger partial charge in [-0.05, 0) is 19.1 Å². The number of carbonyl (C=O) groups excluding carboxylic acids is 2. The van der Waals surface area contributed by atoms with Crippen LogP contribution in [0.1, 0.15) is 6.92 Å². The first-order valence-electron chi connectivity index (χ1n) is 4.53. The number of methoxy groups -OCH3 is 1. The van der Waals surface area contributed by atoms with Gasteiger partial charge in [0.1, 0.15) is 12.0 Å². The van der Waals surface area contributed by atoms with E-state index in [0.717, 1.165) is 6.29 Å². The molecule has 0 atom stereocenters. The lowest BCUT2D eigenvalue weighted by atomic mass is 10.3. The predicted octanol–water partition coefficient (Wildman–Crippen LogP) is 1.73. The zero-order valence-electron chi connectivity index (χ0n) is 9.17. The first-order valence-corrected chi connectivity index (χ1v) is 4.97. The van der Waals surface area contributed by atoms with E-state index in [4.69, 9.17) is 9.53 Å². The number of esters is 1. The summed E-state index contributed by atoms with van der Waals surface area (Å²) in [6.07, 6.45) is 0.750. The predicted molar refractivity (Wildman–Crippen MR) is 62.9 cm³/mol. The fourth-order valence-electron chi connectivity index (χ4n) is 0.775. The van der Waals surface area contributed by atoms with Crippen LogP contribution in [0.5, 0.6) is 5.75 Å². The number of rotatable bonds is 3. The summed E-state index contributed by atoms with van der Waals surface area (Å²) in [6, 6.07) is 7.18. The summed E-state index contributed by atoms with van der Waals surface area (Å²) in [5.41, 5.74) is 0. The van der Waals surface area contributed by atoms with Gasteiger partial charge in [0.05, 0.1) is 7.11 Å². The molecule has 4 nitrogen and oxygen atoms in total. The zero-order valence-corrected chi connectivity index (χ0v) is 10.1. The second-order valence-electron chi connectivity index (χ2n) is 2.57. The molecule has 5 heteroatoms. The molecule has 16 heavy (non-hydrogen) atoms. The second kappa shape index (κ2) is 8.79. The highest BCUT2D eigenvalue weighted by molar-refractivity contribution is 7.80. The summed E-state index contributed by atoms with van der Waals surface area (Å²) in [4.78, 5) is 20.2. The van der Waals surface area contributed by atoms with E-state index in [2.05, 4.69) is 17.4 Å². The van der Waals surface area contributed by atoms with Crippen LogP contribution >= 0.6 is 12.6 Å². The van der Waals surface area contributed by atoms with Gasteiger partial charge < -0.3 is 14.3 Å². The summed E-state index contributed by atoms with van der Waals surface area (Å²) in [7, 11) is 1.32. The van der Waals surface area contributed by atoms with Crippen molar-refractivity contribution in [1.29, 1.82) is 0 Å². The minimum Gasteiger partial charge on any atom is -0.481 e. The number of thiol groups is 1. The zero-order chi connectivity index (χ0) is 12.4. The molecule has 0 fully saturated rings. The average molecular weight is 242 g/mol. The van der Waals surface area contributed by atoms with E-state index < -0.39 is 5.97 Å². The van der Waals surface area contributed by atoms with E-state index in [9.17, 15) is 4.79 Å². The average Bonchev–Trinajstić information content (AvgIpc) is 2.28. The van der Waals surface area contributed by atoms with Crippen molar-refractivity contribution in [3.05, 3.63) is 24.3 Å². The minimum absolute atomic E-state index is 0.0892. The Hall–Kier alpha value is -1.49. The van der Waals surface area contributed by atoms with E-state index in [1.807, 2.05) is 12.1 Å². The quantitative estimate of drug-likeness (QED) is 0.498. The third-order valence-corrected chi connectivity index (χ3v) is 1.81. The summed E-state index contributed by atoms with van der Waals surface area (Å²) in [5.74, 6) is 0.174. The molecule has 1 aromatic carbocycles. The Morgan fingerprint density at radius 1 is 1.44 bits per heavy atom. The molecule has 88 valence electrons. The number of ether oxygens (including phenoxy) is 2. The third-order valence-electron chi connectivity index (χ3n) is 1.44. The number of para-hydroxylation sites is 1. The largest absolute Gasteiger partial charge is 0.481 e. The molecule has 0 radical (unpaired) electrons. The summed E-state index contributed by atoms with van der Waals surface area (Å²) in [5, 5.41) is 0. The van der Waals surface area contributed by atoms with Gasteiger partial charge in [-0.3, -0.25) is 0 Å². The molecule has 0 aliphatic rings. The van der Waals surface area contributed by atoms with Crippen molar-refractivity contribution in [3.63, 3.8) is 0 Å². The molecule has 0 N–H and O–H groups in total. The van der Waals surface area contributed by atoms with E-state index in [0.29, 0.717) is 10.6 Å². The number of benzene rings is 1. The normalized spacial score (nSPS) is 8.44. The van der Waals surface area contributed by atoms with Gasteiger partial charge in [0.2, 0.25) is 0 Å². The van der Waals surface area contributed by atoms with Crippen molar-refractivity contribution < 1.29 is 19.1 Å². The number of hydrogen-bond acceptors (Lipinski definition) is 5. The van der Waals surface area contributed by atoms with Crippen molar-refractivity contribution in [2.45, 2.75) is 11.8 Å². The van der Waals surface area contributed by atoms with E-state index >= 15 is 0 Å². The van der Waals surface area contributed by atoms with Gasteiger partial charge >= 0.3 is 5.97 Å². The molecule has 1 aromatic rings. The van der Waals surface area contributed by atoms with Crippen LogP contribution in [0, 0.1) is 0 Å². The minimum atomic E-state index is -0.406. The molecule has 0 spiro atoms. The van der Waals surface area contributed by atoms with Crippen molar-refractivity contribution in [2.75, 3.05) is 13.7 Å². The van der Waals surface area contributed by atoms with Gasteiger partial charge in [-0.1, -0.05) is 12.1 Å². The van der Waals surface area contributed by atoms with Crippen molar-refractivity contribution >= 4 is 24.9 Å². The Labute approximate surface area is 100.0 Å². The molecule has 0 amide bonds. The highest BCUT2D eigenvalue weighted by Crippen LogP contribution is 2.20. The Balaban J connectivity index is 0.000000673. The maximum absolute atomic E-state index is 10.7.